The third kappa shape index (κ3) is 3.76. The van der Waals surface area contributed by atoms with Crippen LogP contribution in [0.4, 0.5) is 0 Å². The fraction of sp³-hybridized carbons (Fsp3) is 0.917. The van der Waals surface area contributed by atoms with E-state index in [0.29, 0.717) is 6.42 Å². The summed E-state index contributed by atoms with van der Waals surface area (Å²) in [5.41, 5.74) is 0.221. The average molecular weight is 227 g/mol. The van der Waals surface area contributed by atoms with Crippen molar-refractivity contribution in [3.8, 4) is 0 Å². The molecule has 94 valence electrons. The van der Waals surface area contributed by atoms with Crippen molar-refractivity contribution in [2.75, 3.05) is 40.3 Å². The Morgan fingerprint density at radius 3 is 2.62 bits per heavy atom. The minimum atomic E-state index is 0.221. The number of rotatable bonds is 6. The van der Waals surface area contributed by atoms with Gasteiger partial charge in [-0.05, 0) is 20.4 Å². The lowest BCUT2D eigenvalue weighted by molar-refractivity contribution is -0.129. The summed E-state index contributed by atoms with van der Waals surface area (Å²) in [4.78, 5) is 15.8. The molecule has 1 aliphatic heterocycles. The number of likely N-dealkylation sites (N-methyl/N-ethyl adjacent to an activating group) is 1. The summed E-state index contributed by atoms with van der Waals surface area (Å²) in [7, 11) is 3.99. The van der Waals surface area contributed by atoms with Crippen LogP contribution in [-0.4, -0.2) is 61.5 Å². The number of carbonyl (C=O) groups is 1. The Bertz CT molecular complexity index is 236. The highest BCUT2D eigenvalue weighted by Gasteiger charge is 2.35. The molecule has 1 amide bonds. The van der Waals surface area contributed by atoms with Gasteiger partial charge in [-0.25, -0.2) is 0 Å². The minimum absolute atomic E-state index is 0.221. The highest BCUT2D eigenvalue weighted by Crippen LogP contribution is 2.17. The van der Waals surface area contributed by atoms with Crippen molar-refractivity contribution in [2.45, 2.75) is 32.2 Å². The minimum Gasteiger partial charge on any atom is -0.346 e. The maximum atomic E-state index is 11.7. The molecule has 1 saturated heterocycles. The Morgan fingerprint density at radius 2 is 2.12 bits per heavy atom. The molecule has 4 heteroatoms. The van der Waals surface area contributed by atoms with Crippen molar-refractivity contribution < 1.29 is 4.79 Å². The smallest absolute Gasteiger partial charge is 0.223 e. The monoisotopic (exact) mass is 227 g/mol. The Kier molecular flexibility index (Phi) is 4.74. The Balaban J connectivity index is 2.13. The summed E-state index contributed by atoms with van der Waals surface area (Å²) < 4.78 is 0. The molecule has 1 rings (SSSR count). The lowest BCUT2D eigenvalue weighted by Crippen LogP contribution is -2.66. The van der Waals surface area contributed by atoms with E-state index in [0.717, 1.165) is 32.6 Å². The van der Waals surface area contributed by atoms with Gasteiger partial charge in [0.05, 0.1) is 0 Å². The Hall–Kier alpha value is -0.610. The first kappa shape index (κ1) is 13.5. The van der Waals surface area contributed by atoms with Gasteiger partial charge in [0, 0.05) is 45.2 Å². The van der Waals surface area contributed by atoms with E-state index in [-0.39, 0.29) is 11.4 Å². The van der Waals surface area contributed by atoms with Crippen LogP contribution in [0.1, 0.15) is 26.7 Å². The van der Waals surface area contributed by atoms with Crippen LogP contribution in [0.2, 0.25) is 0 Å². The number of hydrogen-bond acceptors (Lipinski definition) is 3. The van der Waals surface area contributed by atoms with Crippen molar-refractivity contribution in [1.29, 1.82) is 0 Å². The fourth-order valence-electron chi connectivity index (χ4n) is 2.38. The number of carbonyl (C=O) groups excluding carboxylic acids is 1. The molecule has 0 aliphatic carbocycles. The number of amides is 1. The van der Waals surface area contributed by atoms with E-state index in [4.69, 9.17) is 0 Å². The van der Waals surface area contributed by atoms with Crippen molar-refractivity contribution in [3.63, 3.8) is 0 Å². The summed E-state index contributed by atoms with van der Waals surface area (Å²) >= 11 is 0. The maximum absolute atomic E-state index is 11.7. The number of likely N-dealkylation sites (tertiary alicyclic amines) is 1. The quantitative estimate of drug-likeness (QED) is 0.719. The fourth-order valence-corrected chi connectivity index (χ4v) is 2.38. The van der Waals surface area contributed by atoms with Crippen LogP contribution in [-0.2, 0) is 4.79 Å². The van der Waals surface area contributed by atoms with Gasteiger partial charge in [-0.3, -0.25) is 4.79 Å². The molecule has 16 heavy (non-hydrogen) atoms. The number of nitrogens with zero attached hydrogens (tertiary/aromatic N) is 2. The number of hydrogen-bond donors (Lipinski definition) is 1. The second-order valence-electron chi connectivity index (χ2n) is 5.23. The second-order valence-corrected chi connectivity index (χ2v) is 5.23. The molecule has 0 unspecified atom stereocenters. The second kappa shape index (κ2) is 5.64. The molecule has 4 nitrogen and oxygen atoms in total. The Morgan fingerprint density at radius 1 is 1.50 bits per heavy atom. The molecule has 1 fully saturated rings. The predicted octanol–water partition coefficient (Wildman–Crippen LogP) is 0.539. The first-order chi connectivity index (χ1) is 7.47. The molecule has 1 heterocycles. The van der Waals surface area contributed by atoms with Gasteiger partial charge in [0.1, 0.15) is 0 Å². The van der Waals surface area contributed by atoms with E-state index in [1.54, 1.807) is 0 Å². The summed E-state index contributed by atoms with van der Waals surface area (Å²) in [6.07, 6.45) is 1.63. The molecule has 0 atom stereocenters. The zero-order valence-corrected chi connectivity index (χ0v) is 11.0. The van der Waals surface area contributed by atoms with Crippen LogP contribution in [0.3, 0.4) is 0 Å². The third-order valence-electron chi connectivity index (χ3n) is 3.11. The van der Waals surface area contributed by atoms with Gasteiger partial charge in [-0.1, -0.05) is 6.92 Å². The normalized spacial score (nSPS) is 19.2. The van der Waals surface area contributed by atoms with E-state index in [9.17, 15) is 4.79 Å². The van der Waals surface area contributed by atoms with Crippen molar-refractivity contribution in [2.24, 2.45) is 0 Å². The highest BCUT2D eigenvalue weighted by atomic mass is 16.2. The molecule has 1 N–H and O–H groups in total. The summed E-state index contributed by atoms with van der Waals surface area (Å²) in [6.45, 7) is 8.11. The third-order valence-corrected chi connectivity index (χ3v) is 3.11. The van der Waals surface area contributed by atoms with Gasteiger partial charge < -0.3 is 15.1 Å². The highest BCUT2D eigenvalue weighted by molar-refractivity contribution is 5.76. The van der Waals surface area contributed by atoms with E-state index in [1.807, 2.05) is 11.9 Å². The topological polar surface area (TPSA) is 35.6 Å². The van der Waals surface area contributed by atoms with Gasteiger partial charge >= 0.3 is 0 Å². The van der Waals surface area contributed by atoms with E-state index >= 15 is 0 Å². The molecular formula is C12H25N3O. The van der Waals surface area contributed by atoms with E-state index < -0.39 is 0 Å². The molecule has 0 aromatic heterocycles. The van der Waals surface area contributed by atoms with E-state index in [1.165, 1.54) is 0 Å². The molecule has 0 saturated carbocycles. The molecule has 0 aromatic carbocycles. The summed E-state index contributed by atoms with van der Waals surface area (Å²) in [5, 5.41) is 3.46. The lowest BCUT2D eigenvalue weighted by atomic mass is 9.93. The van der Waals surface area contributed by atoms with Crippen LogP contribution >= 0.6 is 0 Å². The standard InChI is InChI=1S/C12H25N3O/c1-5-8-15(4)11(16)6-7-13-12(2)9-14(3)10-12/h13H,5-10H2,1-4H3. The molecule has 0 aromatic rings. The lowest BCUT2D eigenvalue weighted by Gasteiger charge is -2.47. The van der Waals surface area contributed by atoms with Crippen LogP contribution in [0.25, 0.3) is 0 Å². The molecule has 0 bridgehead atoms. The SMILES string of the molecule is CCCN(C)C(=O)CCNC1(C)CN(C)C1. The summed E-state index contributed by atoms with van der Waals surface area (Å²) in [6, 6.07) is 0. The number of nitrogens with one attached hydrogen (secondary N) is 1. The van der Waals surface area contributed by atoms with Crippen LogP contribution in [0, 0.1) is 0 Å². The van der Waals surface area contributed by atoms with Crippen molar-refractivity contribution in [3.05, 3.63) is 0 Å². The first-order valence-electron chi connectivity index (χ1n) is 6.14. The van der Waals surface area contributed by atoms with Gasteiger partial charge in [-0.2, -0.15) is 0 Å². The predicted molar refractivity (Wildman–Crippen MR) is 66.4 cm³/mol. The van der Waals surface area contributed by atoms with Crippen molar-refractivity contribution in [1.82, 2.24) is 15.1 Å². The summed E-state index contributed by atoms with van der Waals surface area (Å²) in [5.74, 6) is 0.241. The average Bonchev–Trinajstić information content (AvgIpc) is 2.15. The molecular weight excluding hydrogens is 202 g/mol. The van der Waals surface area contributed by atoms with Crippen LogP contribution in [0.15, 0.2) is 0 Å². The molecule has 0 spiro atoms. The largest absolute Gasteiger partial charge is 0.346 e. The van der Waals surface area contributed by atoms with Gasteiger partial charge in [-0.15, -0.1) is 0 Å². The zero-order valence-electron chi connectivity index (χ0n) is 11.0. The van der Waals surface area contributed by atoms with Gasteiger partial charge in [0.2, 0.25) is 5.91 Å². The van der Waals surface area contributed by atoms with Crippen LogP contribution < -0.4 is 5.32 Å². The van der Waals surface area contributed by atoms with Crippen LogP contribution in [0.5, 0.6) is 0 Å². The first-order valence-corrected chi connectivity index (χ1v) is 6.14. The molecule has 0 radical (unpaired) electrons. The Labute approximate surface area is 99.0 Å². The van der Waals surface area contributed by atoms with Crippen molar-refractivity contribution >= 4 is 5.91 Å². The maximum Gasteiger partial charge on any atom is 0.223 e. The van der Waals surface area contributed by atoms with E-state index in [2.05, 4.69) is 31.1 Å². The zero-order chi connectivity index (χ0) is 12.2. The van der Waals surface area contributed by atoms with Gasteiger partial charge in [0.25, 0.3) is 0 Å². The van der Waals surface area contributed by atoms with Gasteiger partial charge in [0.15, 0.2) is 0 Å². The molecule has 1 aliphatic rings.